The van der Waals surface area contributed by atoms with Crippen LogP contribution in [0.4, 0.5) is 31.1 Å². The first kappa shape index (κ1) is 27.1. The van der Waals surface area contributed by atoms with E-state index < -0.39 is 36.4 Å². The molecular weight excluding hydrogens is 517 g/mol. The summed E-state index contributed by atoms with van der Waals surface area (Å²) in [5.74, 6) is -2.20. The summed E-state index contributed by atoms with van der Waals surface area (Å²) < 4.78 is 81.5. The molecule has 0 aliphatic rings. The third kappa shape index (κ3) is 7.45. The molecule has 0 heterocycles. The molecule has 0 spiro atoms. The van der Waals surface area contributed by atoms with Gasteiger partial charge in [0.15, 0.2) is 0 Å². The van der Waals surface area contributed by atoms with Gasteiger partial charge < -0.3 is 10.6 Å². The number of alkyl halides is 6. The molecule has 2 amide bonds. The van der Waals surface area contributed by atoms with Crippen LogP contribution in [0.25, 0.3) is 6.08 Å². The van der Waals surface area contributed by atoms with Crippen molar-refractivity contribution in [2.24, 2.45) is 0 Å². The minimum atomic E-state index is -4.79. The molecule has 1 atom stereocenters. The summed E-state index contributed by atoms with van der Waals surface area (Å²) in [6, 6.07) is 4.36. The van der Waals surface area contributed by atoms with E-state index in [1.807, 2.05) is 0 Å². The number of rotatable bonds is 6. The average Bonchev–Trinajstić information content (AvgIpc) is 2.69. The minimum Gasteiger partial charge on any atom is -0.338 e. The summed E-state index contributed by atoms with van der Waals surface area (Å²) in [7, 11) is 0. The Morgan fingerprint density at radius 2 is 1.61 bits per heavy atom. The van der Waals surface area contributed by atoms with Crippen LogP contribution < -0.4 is 10.6 Å². The van der Waals surface area contributed by atoms with Gasteiger partial charge in [-0.2, -0.15) is 26.3 Å². The molecular formula is C21H17Cl3F6N2O. The maximum atomic E-state index is 13.6. The Morgan fingerprint density at radius 1 is 1.00 bits per heavy atom. The van der Waals surface area contributed by atoms with E-state index in [1.54, 1.807) is 6.92 Å². The minimum absolute atomic E-state index is 0.112. The van der Waals surface area contributed by atoms with Crippen molar-refractivity contribution in [2.45, 2.75) is 31.7 Å². The van der Waals surface area contributed by atoms with Crippen molar-refractivity contribution < 1.29 is 31.1 Å². The van der Waals surface area contributed by atoms with E-state index >= 15 is 0 Å². The second-order valence-corrected chi connectivity index (χ2v) is 8.00. The molecule has 1 unspecified atom stereocenters. The monoisotopic (exact) mass is 532 g/mol. The molecule has 2 N–H and O–H groups in total. The highest BCUT2D eigenvalue weighted by Gasteiger charge is 2.39. The van der Waals surface area contributed by atoms with Gasteiger partial charge in [0.1, 0.15) is 0 Å². The van der Waals surface area contributed by atoms with E-state index in [-0.39, 0.29) is 38.3 Å². The van der Waals surface area contributed by atoms with E-state index in [1.165, 1.54) is 6.07 Å². The van der Waals surface area contributed by atoms with Gasteiger partial charge in [0, 0.05) is 13.1 Å². The summed E-state index contributed by atoms with van der Waals surface area (Å²) in [5.41, 5.74) is -1.77. The van der Waals surface area contributed by atoms with Crippen molar-refractivity contribution >= 4 is 46.9 Å². The van der Waals surface area contributed by atoms with Crippen molar-refractivity contribution in [1.29, 1.82) is 0 Å². The molecule has 2 aromatic carbocycles. The average molecular weight is 534 g/mol. The number of hydrogen-bond donors (Lipinski definition) is 2. The first-order chi connectivity index (χ1) is 15.2. The molecule has 0 bridgehead atoms. The molecule has 0 saturated heterocycles. The molecule has 2 rings (SSSR count). The topological polar surface area (TPSA) is 41.1 Å². The van der Waals surface area contributed by atoms with Crippen molar-refractivity contribution in [2.75, 3.05) is 6.54 Å². The van der Waals surface area contributed by atoms with Gasteiger partial charge in [-0.15, -0.1) is 0 Å². The number of allylic oxidation sites excluding steroid dienone is 1. The number of carbonyl (C=O) groups is 1. The molecule has 2 aromatic rings. The zero-order valence-corrected chi connectivity index (χ0v) is 19.1. The predicted octanol–water partition coefficient (Wildman–Crippen LogP) is 7.84. The van der Waals surface area contributed by atoms with E-state index in [0.29, 0.717) is 12.1 Å². The van der Waals surface area contributed by atoms with Gasteiger partial charge in [0.25, 0.3) is 0 Å². The highest BCUT2D eigenvalue weighted by molar-refractivity contribution is 6.48. The SMILES string of the molecule is CCNC(=O)NCc1ccc(/C=C/C(c2cc(Cl)c(Cl)c(Cl)c2)C(F)(F)F)cc1C(F)(F)F. The molecule has 0 aliphatic carbocycles. The largest absolute Gasteiger partial charge is 0.416 e. The van der Waals surface area contributed by atoms with Crippen LogP contribution in [0.15, 0.2) is 36.4 Å². The lowest BCUT2D eigenvalue weighted by molar-refractivity contribution is -0.140. The Labute approximate surface area is 200 Å². The van der Waals surface area contributed by atoms with Crippen LogP contribution in [0, 0.1) is 0 Å². The summed E-state index contributed by atoms with van der Waals surface area (Å²) in [6.07, 6.45) is -7.94. The normalized spacial score (nSPS) is 13.3. The van der Waals surface area contributed by atoms with Crippen molar-refractivity contribution in [1.82, 2.24) is 10.6 Å². The van der Waals surface area contributed by atoms with Gasteiger partial charge in [-0.1, -0.05) is 59.1 Å². The van der Waals surface area contributed by atoms with Crippen LogP contribution in [-0.2, 0) is 12.7 Å². The van der Waals surface area contributed by atoms with E-state index in [9.17, 15) is 31.1 Å². The summed E-state index contributed by atoms with van der Waals surface area (Å²) in [6.45, 7) is 1.51. The predicted molar refractivity (Wildman–Crippen MR) is 117 cm³/mol. The fourth-order valence-corrected chi connectivity index (χ4v) is 3.50. The highest BCUT2D eigenvalue weighted by Crippen LogP contribution is 2.41. The maximum Gasteiger partial charge on any atom is 0.416 e. The van der Waals surface area contributed by atoms with Gasteiger partial charge in [0.05, 0.1) is 26.5 Å². The van der Waals surface area contributed by atoms with Crippen LogP contribution in [0.1, 0.15) is 35.1 Å². The van der Waals surface area contributed by atoms with Crippen molar-refractivity contribution in [3.8, 4) is 0 Å². The Morgan fingerprint density at radius 3 is 2.12 bits per heavy atom. The van der Waals surface area contributed by atoms with Crippen LogP contribution in [0.5, 0.6) is 0 Å². The van der Waals surface area contributed by atoms with Crippen molar-refractivity contribution in [3.05, 3.63) is 73.7 Å². The standard InChI is InChI=1S/C21H17Cl3F6N2O/c1-2-31-19(33)32-10-12-5-3-11(7-15(12)21(28,29)30)4-6-14(20(25,26)27)13-8-16(22)18(24)17(23)9-13/h3-9,14H,2,10H2,1H3,(H2,31,32,33)/b6-4+. The fraction of sp³-hybridized carbons (Fsp3) is 0.286. The molecule has 180 valence electrons. The third-order valence-electron chi connectivity index (χ3n) is 4.42. The molecule has 0 aromatic heterocycles. The van der Waals surface area contributed by atoms with Crippen LogP contribution >= 0.6 is 34.8 Å². The number of halogens is 9. The van der Waals surface area contributed by atoms with Gasteiger partial charge in [-0.3, -0.25) is 0 Å². The van der Waals surface area contributed by atoms with E-state index in [4.69, 9.17) is 34.8 Å². The number of nitrogens with one attached hydrogen (secondary N) is 2. The number of carbonyl (C=O) groups excluding carboxylic acids is 1. The third-order valence-corrected chi connectivity index (χ3v) is 5.61. The first-order valence-electron chi connectivity index (χ1n) is 9.35. The quantitative estimate of drug-likeness (QED) is 0.288. The Bertz CT molecular complexity index is 1010. The van der Waals surface area contributed by atoms with Gasteiger partial charge >= 0.3 is 18.4 Å². The second-order valence-electron chi connectivity index (χ2n) is 6.80. The zero-order valence-electron chi connectivity index (χ0n) is 16.8. The number of urea groups is 1. The maximum absolute atomic E-state index is 13.6. The van der Waals surface area contributed by atoms with Gasteiger partial charge in [0.2, 0.25) is 0 Å². The Hall–Kier alpha value is -2.10. The summed E-state index contributed by atoms with van der Waals surface area (Å²) in [5, 5.41) is 4.18. The Balaban J connectivity index is 2.40. The smallest absolute Gasteiger partial charge is 0.338 e. The van der Waals surface area contributed by atoms with Gasteiger partial charge in [-0.05, 0) is 41.8 Å². The Kier molecular flexibility index (Phi) is 8.95. The van der Waals surface area contributed by atoms with Crippen LogP contribution in [0.3, 0.4) is 0 Å². The van der Waals surface area contributed by atoms with Crippen LogP contribution in [-0.4, -0.2) is 18.8 Å². The summed E-state index contributed by atoms with van der Waals surface area (Å²) in [4.78, 5) is 11.5. The molecule has 33 heavy (non-hydrogen) atoms. The molecule has 0 fully saturated rings. The fourth-order valence-electron chi connectivity index (χ4n) is 2.89. The molecule has 0 saturated carbocycles. The second kappa shape index (κ2) is 10.9. The molecule has 12 heteroatoms. The molecule has 0 aliphatic heterocycles. The molecule has 3 nitrogen and oxygen atoms in total. The lowest BCUT2D eigenvalue weighted by atomic mass is 9.96. The van der Waals surface area contributed by atoms with E-state index in [0.717, 1.165) is 24.3 Å². The first-order valence-corrected chi connectivity index (χ1v) is 10.5. The number of benzene rings is 2. The lowest BCUT2D eigenvalue weighted by Gasteiger charge is -2.19. The van der Waals surface area contributed by atoms with Gasteiger partial charge in [-0.25, -0.2) is 4.79 Å². The number of amides is 2. The lowest BCUT2D eigenvalue weighted by Crippen LogP contribution is -2.35. The van der Waals surface area contributed by atoms with E-state index in [2.05, 4.69) is 10.6 Å². The molecule has 0 radical (unpaired) electrons. The van der Waals surface area contributed by atoms with Crippen molar-refractivity contribution in [3.63, 3.8) is 0 Å². The number of hydrogen-bond acceptors (Lipinski definition) is 1. The summed E-state index contributed by atoms with van der Waals surface area (Å²) >= 11 is 17.4. The highest BCUT2D eigenvalue weighted by atomic mass is 35.5. The van der Waals surface area contributed by atoms with Crippen LogP contribution in [0.2, 0.25) is 15.1 Å². The zero-order chi connectivity index (χ0) is 25.0.